The molecular formula is C26H16BrF13N2O2. The zero-order valence-electron chi connectivity index (χ0n) is 21.2. The molecule has 3 atom stereocenters. The first-order valence-electron chi connectivity index (χ1n) is 11.7. The van der Waals surface area contributed by atoms with Gasteiger partial charge in [-0.05, 0) is 12.1 Å². The van der Waals surface area contributed by atoms with Gasteiger partial charge in [0.2, 0.25) is 5.91 Å². The third kappa shape index (κ3) is 5.84. The smallest absolute Gasteiger partial charge is 0.366 e. The summed E-state index contributed by atoms with van der Waals surface area (Å²) in [5.41, 5.74) is -12.7. The topological polar surface area (TPSA) is 72.2 Å². The first-order chi connectivity index (χ1) is 19.9. The highest BCUT2D eigenvalue weighted by atomic mass is 79.9. The number of nitrogens with one attached hydrogen (secondary N) is 1. The number of nitrogens with two attached hydrogens (primary N) is 1. The van der Waals surface area contributed by atoms with Crippen molar-refractivity contribution < 1.29 is 66.7 Å². The molecule has 2 aromatic carbocycles. The molecule has 0 radical (unpaired) electrons. The maximum Gasteiger partial charge on any atom is 0.457 e. The van der Waals surface area contributed by atoms with Gasteiger partial charge in [-0.2, -0.15) is 48.3 Å². The minimum absolute atomic E-state index is 0.0664. The second-order valence-electron chi connectivity index (χ2n) is 9.33. The molecule has 0 saturated heterocycles. The fraction of sp³-hybridized carbons (Fsp3) is 0.308. The molecule has 18 heteroatoms. The van der Waals surface area contributed by atoms with E-state index in [1.165, 1.54) is 30.3 Å². The van der Waals surface area contributed by atoms with Crippen molar-refractivity contribution in [3.05, 3.63) is 93.0 Å². The van der Waals surface area contributed by atoms with Crippen LogP contribution in [0.3, 0.4) is 0 Å². The van der Waals surface area contributed by atoms with E-state index in [9.17, 15) is 57.9 Å². The Labute approximate surface area is 246 Å². The van der Waals surface area contributed by atoms with Crippen LogP contribution < -0.4 is 11.1 Å². The Morgan fingerprint density at radius 1 is 0.886 bits per heavy atom. The number of hydrogen-bond acceptors (Lipinski definition) is 3. The zero-order valence-corrected chi connectivity index (χ0v) is 22.8. The second-order valence-corrected chi connectivity index (χ2v) is 10.2. The van der Waals surface area contributed by atoms with Crippen LogP contribution in [-0.2, 0) is 22.2 Å². The van der Waals surface area contributed by atoms with Gasteiger partial charge < -0.3 is 5.73 Å². The Kier molecular flexibility index (Phi) is 9.17. The summed E-state index contributed by atoms with van der Waals surface area (Å²) in [6.07, 6.45) is -21.3. The Morgan fingerprint density at radius 2 is 1.45 bits per heavy atom. The Balaban J connectivity index is 2.39. The van der Waals surface area contributed by atoms with Crippen LogP contribution in [0, 0.1) is 0 Å². The van der Waals surface area contributed by atoms with Crippen molar-refractivity contribution in [1.29, 1.82) is 0 Å². The van der Waals surface area contributed by atoms with Gasteiger partial charge in [-0.15, -0.1) is 0 Å². The van der Waals surface area contributed by atoms with E-state index in [1.54, 1.807) is 0 Å². The van der Waals surface area contributed by atoms with Crippen molar-refractivity contribution in [2.24, 2.45) is 5.73 Å². The first-order valence-corrected chi connectivity index (χ1v) is 12.5. The summed E-state index contributed by atoms with van der Waals surface area (Å²) < 4.78 is 181. The molecule has 0 fully saturated rings. The van der Waals surface area contributed by atoms with E-state index in [2.05, 4.69) is 21.2 Å². The summed E-state index contributed by atoms with van der Waals surface area (Å²) in [5.74, 6) is -9.77. The third-order valence-corrected chi connectivity index (χ3v) is 7.24. The molecule has 0 bridgehead atoms. The van der Waals surface area contributed by atoms with Crippen LogP contribution >= 0.6 is 15.9 Å². The molecular weight excluding hydrogens is 699 g/mol. The largest absolute Gasteiger partial charge is 0.457 e. The van der Waals surface area contributed by atoms with Crippen LogP contribution in [-0.4, -0.2) is 42.7 Å². The number of benzene rings is 2. The van der Waals surface area contributed by atoms with Crippen LogP contribution in [0.5, 0.6) is 0 Å². The van der Waals surface area contributed by atoms with Crippen LogP contribution in [0.2, 0.25) is 0 Å². The van der Waals surface area contributed by atoms with Gasteiger partial charge in [-0.1, -0.05) is 64.5 Å². The molecule has 44 heavy (non-hydrogen) atoms. The van der Waals surface area contributed by atoms with Crippen LogP contribution in [0.15, 0.2) is 70.7 Å². The molecule has 1 aliphatic rings. The fourth-order valence-corrected chi connectivity index (χ4v) is 5.28. The number of carbonyl (C=O) groups is 2. The standard InChI is InChI=1S/C26H16BrF13N2O2/c27-16-10-13(22(29,25(35,36)37)24(33,34)26(38,39)40)9-15(23(30,31)32)18(16)21(8-4-7-14(19(21)28)20(41)44)42-11-17(43)12-5-2-1-3-6-12/h1-10,19,42H,11H2,(H2,41,44). The van der Waals surface area contributed by atoms with Crippen LogP contribution in [0.25, 0.3) is 0 Å². The number of ketones is 1. The van der Waals surface area contributed by atoms with E-state index in [0.717, 1.165) is 6.08 Å². The normalized spacial score (nSPS) is 21.0. The summed E-state index contributed by atoms with van der Waals surface area (Å²) in [4.78, 5) is 24.6. The molecule has 3 N–H and O–H groups in total. The quantitative estimate of drug-likeness (QED) is 0.222. The van der Waals surface area contributed by atoms with Crippen molar-refractivity contribution in [1.82, 2.24) is 5.32 Å². The molecule has 2 aromatic rings. The predicted molar refractivity (Wildman–Crippen MR) is 131 cm³/mol. The molecule has 0 aliphatic heterocycles. The van der Waals surface area contributed by atoms with Gasteiger partial charge in [0, 0.05) is 21.2 Å². The number of alkyl halides is 13. The molecule has 1 amide bonds. The van der Waals surface area contributed by atoms with Crippen molar-refractivity contribution in [3.8, 4) is 0 Å². The van der Waals surface area contributed by atoms with Crippen molar-refractivity contribution in [3.63, 3.8) is 0 Å². The number of hydrogen-bond donors (Lipinski definition) is 2. The molecule has 240 valence electrons. The fourth-order valence-electron chi connectivity index (χ4n) is 4.49. The number of rotatable bonds is 8. The number of amides is 1. The monoisotopic (exact) mass is 714 g/mol. The van der Waals surface area contributed by atoms with Gasteiger partial charge in [0.1, 0.15) is 5.54 Å². The van der Waals surface area contributed by atoms with Gasteiger partial charge in [0.25, 0.3) is 0 Å². The van der Waals surface area contributed by atoms with E-state index in [0.29, 0.717) is 12.2 Å². The van der Waals surface area contributed by atoms with Gasteiger partial charge >= 0.3 is 30.1 Å². The molecule has 3 rings (SSSR count). The third-order valence-electron chi connectivity index (χ3n) is 6.62. The predicted octanol–water partition coefficient (Wildman–Crippen LogP) is 7.38. The highest BCUT2D eigenvalue weighted by Gasteiger charge is 2.82. The summed E-state index contributed by atoms with van der Waals surface area (Å²) in [6, 6.07) is 5.32. The summed E-state index contributed by atoms with van der Waals surface area (Å²) in [5, 5.41) is 2.15. The average Bonchev–Trinajstić information content (AvgIpc) is 2.90. The Morgan fingerprint density at radius 3 is 1.93 bits per heavy atom. The number of carbonyl (C=O) groups excluding carboxylic acids is 2. The Hall–Kier alpha value is -3.41. The molecule has 1 aliphatic carbocycles. The highest BCUT2D eigenvalue weighted by molar-refractivity contribution is 9.10. The molecule has 4 nitrogen and oxygen atoms in total. The van der Waals surface area contributed by atoms with E-state index in [-0.39, 0.29) is 5.56 Å². The van der Waals surface area contributed by atoms with Crippen LogP contribution in [0.1, 0.15) is 27.0 Å². The van der Waals surface area contributed by atoms with E-state index in [4.69, 9.17) is 5.73 Å². The Bertz CT molecular complexity index is 1500. The summed E-state index contributed by atoms with van der Waals surface area (Å²) >= 11 is 2.35. The lowest BCUT2D eigenvalue weighted by atomic mass is 9.75. The second kappa shape index (κ2) is 11.5. The number of primary amides is 1. The molecule has 0 heterocycles. The maximum atomic E-state index is 16.1. The van der Waals surface area contributed by atoms with Gasteiger partial charge in [0.05, 0.1) is 17.7 Å². The maximum absolute atomic E-state index is 16.1. The van der Waals surface area contributed by atoms with Gasteiger partial charge in [0.15, 0.2) is 12.0 Å². The summed E-state index contributed by atoms with van der Waals surface area (Å²) in [7, 11) is 0. The van der Waals surface area contributed by atoms with Crippen molar-refractivity contribution in [2.75, 3.05) is 6.54 Å². The van der Waals surface area contributed by atoms with E-state index >= 15 is 8.78 Å². The van der Waals surface area contributed by atoms with Crippen molar-refractivity contribution in [2.45, 2.75) is 41.8 Å². The summed E-state index contributed by atoms with van der Waals surface area (Å²) in [6.45, 7) is -1.03. The molecule has 0 spiro atoms. The number of allylic oxidation sites excluding steroid dienone is 2. The lowest BCUT2D eigenvalue weighted by Gasteiger charge is -2.41. The van der Waals surface area contributed by atoms with Gasteiger partial charge in [-0.3, -0.25) is 14.9 Å². The first kappa shape index (κ1) is 35.1. The highest BCUT2D eigenvalue weighted by Crippen LogP contribution is 2.59. The zero-order chi connectivity index (χ0) is 33.7. The molecule has 3 unspecified atom stereocenters. The SMILES string of the molecule is NC(=O)C1=CC=CC(NCC(=O)c2ccccc2)(c2c(Br)cc(C(F)(C(F)(F)F)C(F)(F)C(F)(F)F)cc2C(F)(F)F)C1F. The van der Waals surface area contributed by atoms with Crippen molar-refractivity contribution >= 4 is 27.6 Å². The lowest BCUT2D eigenvalue weighted by Crippen LogP contribution is -2.60. The number of Topliss-reactive ketones (excluding diaryl/α,β-unsaturated/α-hetero) is 1. The van der Waals surface area contributed by atoms with Gasteiger partial charge in [-0.25, -0.2) is 8.78 Å². The minimum Gasteiger partial charge on any atom is -0.366 e. The minimum atomic E-state index is -7.32. The van der Waals surface area contributed by atoms with E-state index in [1.807, 2.05) is 0 Å². The lowest BCUT2D eigenvalue weighted by molar-refractivity contribution is -0.389. The molecule has 0 saturated carbocycles. The average molecular weight is 715 g/mol. The molecule has 0 aromatic heterocycles. The van der Waals surface area contributed by atoms with Crippen LogP contribution in [0.4, 0.5) is 57.1 Å². The number of halogens is 14. The van der Waals surface area contributed by atoms with E-state index < -0.39 is 98.9 Å².